The van der Waals surface area contributed by atoms with Gasteiger partial charge in [0.2, 0.25) is 0 Å². The highest BCUT2D eigenvalue weighted by Gasteiger charge is 2.25. The second kappa shape index (κ2) is 12.6. The number of benzene rings is 1. The molecule has 1 aromatic rings. The Morgan fingerprint density at radius 1 is 0.682 bits per heavy atom. The van der Waals surface area contributed by atoms with Crippen LogP contribution < -0.4 is 4.70 Å². The number of rotatable bonds is 12. The second-order valence-corrected chi connectivity index (χ2v) is 6.53. The Morgan fingerprint density at radius 2 is 1.14 bits per heavy atom. The van der Waals surface area contributed by atoms with E-state index in [2.05, 4.69) is 51.1 Å². The lowest BCUT2D eigenvalue weighted by molar-refractivity contribution is -0.928. The number of unbranched alkanes of at least 4 members (excludes halogenated alkanes) is 3. The molecule has 0 aliphatic rings. The number of hydrogen-bond donors (Lipinski definition) is 0. The van der Waals surface area contributed by atoms with Gasteiger partial charge in [0.05, 0.1) is 26.2 Å². The molecular formula is C20H36FN. The van der Waals surface area contributed by atoms with Crippen molar-refractivity contribution in [3.63, 3.8) is 0 Å². The van der Waals surface area contributed by atoms with Crippen LogP contribution in [0.3, 0.4) is 0 Å². The van der Waals surface area contributed by atoms with E-state index in [9.17, 15) is 0 Å². The van der Waals surface area contributed by atoms with Crippen LogP contribution in [-0.2, 0) is 6.42 Å². The van der Waals surface area contributed by atoms with E-state index in [4.69, 9.17) is 0 Å². The third-order valence-electron chi connectivity index (χ3n) is 4.68. The lowest BCUT2D eigenvalue weighted by atomic mass is 10.1. The quantitative estimate of drug-likeness (QED) is 0.520. The van der Waals surface area contributed by atoms with Crippen LogP contribution >= 0.6 is 0 Å². The molecule has 22 heavy (non-hydrogen) atoms. The van der Waals surface area contributed by atoms with Crippen LogP contribution in [0.5, 0.6) is 0 Å². The first-order chi connectivity index (χ1) is 10.3. The molecule has 0 atom stereocenters. The van der Waals surface area contributed by atoms with E-state index in [0.29, 0.717) is 0 Å². The normalized spacial score (nSPS) is 11.2. The first kappa shape index (κ1) is 21.1. The molecule has 0 saturated carbocycles. The van der Waals surface area contributed by atoms with Crippen LogP contribution in [0.15, 0.2) is 30.3 Å². The molecular weight excluding hydrogens is 273 g/mol. The fourth-order valence-corrected chi connectivity index (χ4v) is 3.16. The van der Waals surface area contributed by atoms with Crippen molar-refractivity contribution in [3.05, 3.63) is 35.9 Å². The molecule has 0 saturated heterocycles. The summed E-state index contributed by atoms with van der Waals surface area (Å²) < 4.78 is 1.35. The van der Waals surface area contributed by atoms with Crippen LogP contribution in [0.2, 0.25) is 0 Å². The summed E-state index contributed by atoms with van der Waals surface area (Å²) in [5, 5.41) is 0. The molecule has 1 aromatic carbocycles. The predicted octanol–water partition coefficient (Wildman–Crippen LogP) is 2.45. The van der Waals surface area contributed by atoms with Gasteiger partial charge in [-0.2, -0.15) is 0 Å². The van der Waals surface area contributed by atoms with E-state index in [1.807, 2.05) is 0 Å². The van der Waals surface area contributed by atoms with E-state index < -0.39 is 0 Å². The molecule has 0 unspecified atom stereocenters. The van der Waals surface area contributed by atoms with Gasteiger partial charge in [0.15, 0.2) is 0 Å². The molecule has 128 valence electrons. The van der Waals surface area contributed by atoms with Crippen LogP contribution in [0, 0.1) is 0 Å². The Hall–Kier alpha value is -0.890. The van der Waals surface area contributed by atoms with Crippen molar-refractivity contribution in [2.45, 2.75) is 65.7 Å². The van der Waals surface area contributed by atoms with Gasteiger partial charge in [-0.25, -0.2) is 0 Å². The number of quaternary nitrogens is 1. The van der Waals surface area contributed by atoms with Gasteiger partial charge in [-0.1, -0.05) is 70.4 Å². The van der Waals surface area contributed by atoms with Gasteiger partial charge in [0, 0.05) is 6.42 Å². The summed E-state index contributed by atoms with van der Waals surface area (Å²) in [4.78, 5) is 0. The van der Waals surface area contributed by atoms with Crippen molar-refractivity contribution in [2.75, 3.05) is 26.2 Å². The van der Waals surface area contributed by atoms with Crippen LogP contribution in [0.1, 0.15) is 64.9 Å². The molecule has 0 heterocycles. The molecule has 0 aromatic heterocycles. The highest BCUT2D eigenvalue weighted by atomic mass is 19.0. The summed E-state index contributed by atoms with van der Waals surface area (Å²) in [6.07, 6.45) is 9.33. The highest BCUT2D eigenvalue weighted by molar-refractivity contribution is 5.14. The largest absolute Gasteiger partial charge is 1.00 e. The first-order valence-electron chi connectivity index (χ1n) is 9.15. The van der Waals surface area contributed by atoms with E-state index in [1.165, 1.54) is 81.2 Å². The summed E-state index contributed by atoms with van der Waals surface area (Å²) in [5.41, 5.74) is 1.50. The zero-order chi connectivity index (χ0) is 15.4. The molecule has 0 spiro atoms. The van der Waals surface area contributed by atoms with Crippen molar-refractivity contribution in [3.8, 4) is 0 Å². The Labute approximate surface area is 137 Å². The fourth-order valence-electron chi connectivity index (χ4n) is 3.16. The van der Waals surface area contributed by atoms with Crippen LogP contribution in [-0.4, -0.2) is 30.7 Å². The SMILES string of the molecule is CCCC[N+](CCCC)(CCCC)CCc1ccccc1.[F-]. The number of halogens is 1. The fraction of sp³-hybridized carbons (Fsp3) is 0.700. The van der Waals surface area contributed by atoms with Gasteiger partial charge in [0.25, 0.3) is 0 Å². The van der Waals surface area contributed by atoms with Crippen molar-refractivity contribution < 1.29 is 9.19 Å². The first-order valence-corrected chi connectivity index (χ1v) is 9.15. The van der Waals surface area contributed by atoms with Crippen LogP contribution in [0.4, 0.5) is 0 Å². The molecule has 0 aliphatic carbocycles. The third-order valence-corrected chi connectivity index (χ3v) is 4.68. The number of nitrogens with zero attached hydrogens (tertiary/aromatic N) is 1. The van der Waals surface area contributed by atoms with Gasteiger partial charge in [-0.15, -0.1) is 0 Å². The lowest BCUT2D eigenvalue weighted by Crippen LogP contribution is -3.00. The molecule has 0 N–H and O–H groups in total. The minimum Gasteiger partial charge on any atom is -1.00 e. The average Bonchev–Trinajstić information content (AvgIpc) is 2.54. The van der Waals surface area contributed by atoms with E-state index >= 15 is 0 Å². The summed E-state index contributed by atoms with van der Waals surface area (Å²) in [6, 6.07) is 11.0. The van der Waals surface area contributed by atoms with Gasteiger partial charge in [0.1, 0.15) is 0 Å². The monoisotopic (exact) mass is 309 g/mol. The van der Waals surface area contributed by atoms with Crippen molar-refractivity contribution in [1.82, 2.24) is 0 Å². The standard InChI is InChI=1S/C20H36N.FH/c1-4-7-16-21(17-8-5-2,18-9-6-3)19-15-20-13-11-10-12-14-20;/h10-14H,4-9,15-19H2,1-3H3;1H/q+1;/p-1. The summed E-state index contributed by atoms with van der Waals surface area (Å²) in [5.74, 6) is 0. The summed E-state index contributed by atoms with van der Waals surface area (Å²) >= 11 is 0. The Morgan fingerprint density at radius 3 is 1.55 bits per heavy atom. The van der Waals surface area contributed by atoms with Crippen molar-refractivity contribution in [1.29, 1.82) is 0 Å². The third kappa shape index (κ3) is 7.93. The van der Waals surface area contributed by atoms with Crippen molar-refractivity contribution in [2.24, 2.45) is 0 Å². The molecule has 0 bridgehead atoms. The summed E-state index contributed by atoms with van der Waals surface area (Å²) in [7, 11) is 0. The van der Waals surface area contributed by atoms with E-state index in [-0.39, 0.29) is 4.70 Å². The van der Waals surface area contributed by atoms with Crippen LogP contribution in [0.25, 0.3) is 0 Å². The minimum atomic E-state index is 0. The van der Waals surface area contributed by atoms with Gasteiger partial charge < -0.3 is 9.19 Å². The van der Waals surface area contributed by atoms with Crippen molar-refractivity contribution >= 4 is 0 Å². The smallest absolute Gasteiger partial charge is 0.0827 e. The van der Waals surface area contributed by atoms with Gasteiger partial charge in [-0.3, -0.25) is 0 Å². The van der Waals surface area contributed by atoms with E-state index in [1.54, 1.807) is 0 Å². The van der Waals surface area contributed by atoms with Gasteiger partial charge in [-0.05, 0) is 24.8 Å². The zero-order valence-corrected chi connectivity index (χ0v) is 15.0. The Bertz CT molecular complexity index is 328. The summed E-state index contributed by atoms with van der Waals surface area (Å²) in [6.45, 7) is 12.4. The predicted molar refractivity (Wildman–Crippen MR) is 94.6 cm³/mol. The minimum absolute atomic E-state index is 0. The molecule has 1 rings (SSSR count). The number of hydrogen-bond acceptors (Lipinski definition) is 0. The molecule has 0 amide bonds. The average molecular weight is 310 g/mol. The second-order valence-electron chi connectivity index (χ2n) is 6.53. The lowest BCUT2D eigenvalue weighted by Gasteiger charge is -2.39. The van der Waals surface area contributed by atoms with Gasteiger partial charge >= 0.3 is 0 Å². The Kier molecular flexibility index (Phi) is 12.1. The maximum Gasteiger partial charge on any atom is 0.0827 e. The Balaban J connectivity index is 0.00000441. The van der Waals surface area contributed by atoms with E-state index in [0.717, 1.165) is 0 Å². The molecule has 1 nitrogen and oxygen atoms in total. The molecule has 0 radical (unpaired) electrons. The topological polar surface area (TPSA) is 0 Å². The zero-order valence-electron chi connectivity index (χ0n) is 15.0. The maximum absolute atomic E-state index is 2.32. The maximum atomic E-state index is 2.32. The molecule has 0 fully saturated rings. The molecule has 0 aliphatic heterocycles. The molecule has 2 heteroatoms. The highest BCUT2D eigenvalue weighted by Crippen LogP contribution is 2.16.